The van der Waals surface area contributed by atoms with Gasteiger partial charge in [0.2, 0.25) is 17.7 Å². The number of ether oxygens (including phenoxy) is 2. The highest BCUT2D eigenvalue weighted by molar-refractivity contribution is 9.09. The van der Waals surface area contributed by atoms with E-state index < -0.39 is 72.2 Å². The number of fused-ring (bicyclic) bond motifs is 2. The zero-order valence-corrected chi connectivity index (χ0v) is 32.5. The lowest BCUT2D eigenvalue weighted by Crippen LogP contribution is -2.60. The molecule has 2 bridgehead atoms. The molecule has 1 aromatic heterocycles. The highest BCUT2D eigenvalue weighted by Crippen LogP contribution is 2.61. The van der Waals surface area contributed by atoms with Crippen molar-refractivity contribution in [1.82, 2.24) is 30.1 Å². The van der Waals surface area contributed by atoms with E-state index in [0.717, 1.165) is 5.52 Å². The Balaban J connectivity index is 1.37. The van der Waals surface area contributed by atoms with Crippen LogP contribution in [0.1, 0.15) is 58.1 Å². The predicted molar refractivity (Wildman–Crippen MR) is 205 cm³/mol. The van der Waals surface area contributed by atoms with Gasteiger partial charge in [0, 0.05) is 17.8 Å². The summed E-state index contributed by atoms with van der Waals surface area (Å²) in [4.78, 5) is 60.1. The van der Waals surface area contributed by atoms with Gasteiger partial charge in [-0.25, -0.2) is 4.68 Å². The first-order valence-electron chi connectivity index (χ1n) is 18.6. The average Bonchev–Trinajstić information content (AvgIpc) is 3.90. The van der Waals surface area contributed by atoms with Crippen molar-refractivity contribution in [2.24, 2.45) is 17.8 Å². The molecular formula is C40H49BrN6O7. The molecule has 4 heterocycles. The number of nitrogens with one attached hydrogen (secondary N) is 1. The second-order valence-electron chi connectivity index (χ2n) is 14.6. The number of benzene rings is 2. The third-order valence-electron chi connectivity index (χ3n) is 11.3. The first-order valence-corrected chi connectivity index (χ1v) is 19.5. The lowest BCUT2D eigenvalue weighted by molar-refractivity contribution is -0.163. The number of alkyl halides is 1. The van der Waals surface area contributed by atoms with Crippen LogP contribution in [0.4, 0.5) is 0 Å². The van der Waals surface area contributed by atoms with E-state index >= 15 is 4.79 Å². The molecule has 3 saturated heterocycles. The maximum absolute atomic E-state index is 15.1. The Labute approximate surface area is 323 Å². The largest absolute Gasteiger partial charge is 0.455 e. The van der Waals surface area contributed by atoms with Crippen LogP contribution in [-0.4, -0.2) is 101 Å². The molecule has 3 aromatic rings. The van der Waals surface area contributed by atoms with Crippen LogP contribution in [0.5, 0.6) is 0 Å². The van der Waals surface area contributed by atoms with Gasteiger partial charge in [-0.05, 0) is 43.4 Å². The molecule has 13 nitrogen and oxygen atoms in total. The highest BCUT2D eigenvalue weighted by Gasteiger charge is 2.77. The van der Waals surface area contributed by atoms with Crippen molar-refractivity contribution in [2.75, 3.05) is 13.2 Å². The van der Waals surface area contributed by atoms with Gasteiger partial charge in [0.1, 0.15) is 29.9 Å². The summed E-state index contributed by atoms with van der Waals surface area (Å²) >= 11 is 3.75. The van der Waals surface area contributed by atoms with E-state index in [2.05, 4.69) is 44.7 Å². The number of rotatable bonds is 17. The fourth-order valence-corrected chi connectivity index (χ4v) is 9.40. The Morgan fingerprint density at radius 2 is 1.87 bits per heavy atom. The number of aliphatic hydroxyl groups excluding tert-OH is 1. The Morgan fingerprint density at radius 1 is 1.15 bits per heavy atom. The van der Waals surface area contributed by atoms with Gasteiger partial charge >= 0.3 is 5.97 Å². The number of para-hydroxylation sites is 1. The van der Waals surface area contributed by atoms with Gasteiger partial charge in [0.15, 0.2) is 0 Å². The van der Waals surface area contributed by atoms with E-state index in [-0.39, 0.29) is 42.7 Å². The van der Waals surface area contributed by atoms with Gasteiger partial charge in [0.25, 0.3) is 0 Å². The zero-order valence-electron chi connectivity index (χ0n) is 30.9. The van der Waals surface area contributed by atoms with Gasteiger partial charge in [-0.2, -0.15) is 0 Å². The number of carbonyl (C=O) groups excluding carboxylic acids is 4. The smallest absolute Gasteiger partial charge is 0.313 e. The molecule has 1 spiro atoms. The van der Waals surface area contributed by atoms with Crippen molar-refractivity contribution >= 4 is 50.7 Å². The molecule has 2 aromatic carbocycles. The Kier molecular flexibility index (Phi) is 12.0. The molecule has 14 heteroatoms. The number of allylic oxidation sites excluding steroid dienone is 1. The van der Waals surface area contributed by atoms with Gasteiger partial charge in [-0.1, -0.05) is 96.0 Å². The molecular weight excluding hydrogens is 756 g/mol. The fraction of sp³-hybridized carbons (Fsp3) is 0.500. The molecule has 288 valence electrons. The van der Waals surface area contributed by atoms with Crippen molar-refractivity contribution in [3.05, 3.63) is 85.5 Å². The predicted octanol–water partition coefficient (Wildman–Crippen LogP) is 4.31. The normalized spacial score (nSPS) is 26.5. The number of aromatic nitrogens is 3. The van der Waals surface area contributed by atoms with Crippen LogP contribution < -0.4 is 5.32 Å². The summed E-state index contributed by atoms with van der Waals surface area (Å²) in [6, 6.07) is 14.0. The molecule has 3 amide bonds. The number of likely N-dealkylation sites (tertiary alicyclic amines) is 1. The number of hydrogen-bond acceptors (Lipinski definition) is 9. The molecule has 0 aliphatic carbocycles. The highest BCUT2D eigenvalue weighted by atomic mass is 79.9. The lowest BCUT2D eigenvalue weighted by atomic mass is 9.70. The number of esters is 1. The first kappa shape index (κ1) is 39.3. The van der Waals surface area contributed by atoms with E-state index in [1.54, 1.807) is 28.7 Å². The van der Waals surface area contributed by atoms with Crippen LogP contribution >= 0.6 is 15.9 Å². The maximum Gasteiger partial charge on any atom is 0.313 e. The second kappa shape index (κ2) is 16.5. The standard InChI is InChI=1S/C40H49BrN6O7/c1-6-9-19-31(49)42-25(5)34(26-15-11-10-12-16-26)53-39(52)32-33-37(50)47(30(22-48)24(4)8-3)36(40(33)21-27(41)35(32)54-40)38(51)45(20-7-2)23-46-29-18-14-13-17-28(29)43-44-46/h6-7,10-18,24-25,27,30,32-36,48H,1-2,8-9,19-23H2,3-5H3,(H,42,49)/t24-,25-,27?,30-,32-,33+,34-,35-,36-,40+/m0/s1. The summed E-state index contributed by atoms with van der Waals surface area (Å²) in [6.45, 7) is 13.0. The zero-order chi connectivity index (χ0) is 38.7. The van der Waals surface area contributed by atoms with Crippen LogP contribution in [0.25, 0.3) is 11.0 Å². The van der Waals surface area contributed by atoms with E-state index in [1.807, 2.05) is 68.4 Å². The SMILES string of the molecule is C=CCCC(=O)N[C@@H](C)[C@H](OC(=O)[C@@H]1[C@H]2O[C@@]3(CC2Br)[C@H](C(=O)N(CC=C)Cn2nnc4ccccc42)N([C@@H](CO)[C@@H](C)CC)C(=O)[C@@H]13)c1ccccc1. The van der Waals surface area contributed by atoms with Crippen LogP contribution in [0.15, 0.2) is 79.9 Å². The lowest BCUT2D eigenvalue weighted by Gasteiger charge is -2.40. The molecule has 0 radical (unpaired) electrons. The summed E-state index contributed by atoms with van der Waals surface area (Å²) in [5.41, 5.74) is 0.649. The third kappa shape index (κ3) is 7.11. The van der Waals surface area contributed by atoms with E-state index in [4.69, 9.17) is 9.47 Å². The Bertz CT molecular complexity index is 1870. The topological polar surface area (TPSA) is 156 Å². The minimum absolute atomic E-state index is 0.0135. The number of halogens is 1. The monoisotopic (exact) mass is 804 g/mol. The summed E-state index contributed by atoms with van der Waals surface area (Å²) in [5, 5.41) is 22.3. The molecule has 6 rings (SSSR count). The molecule has 3 fully saturated rings. The number of nitrogens with zero attached hydrogens (tertiary/aromatic N) is 5. The van der Waals surface area contributed by atoms with Crippen molar-refractivity contribution in [2.45, 2.75) is 93.9 Å². The Hall–Kier alpha value is -4.40. The molecule has 10 atom stereocenters. The molecule has 2 N–H and O–H groups in total. The molecule has 3 aliphatic heterocycles. The van der Waals surface area contributed by atoms with E-state index in [1.165, 1.54) is 4.90 Å². The molecule has 0 saturated carbocycles. The average molecular weight is 806 g/mol. The van der Waals surface area contributed by atoms with E-state index in [0.29, 0.717) is 23.9 Å². The van der Waals surface area contributed by atoms with Crippen molar-refractivity contribution in [3.8, 4) is 0 Å². The number of amides is 3. The number of carbonyl (C=O) groups is 4. The van der Waals surface area contributed by atoms with Crippen LogP contribution in [0, 0.1) is 17.8 Å². The minimum Gasteiger partial charge on any atom is -0.455 e. The van der Waals surface area contributed by atoms with Crippen LogP contribution in [0.2, 0.25) is 0 Å². The summed E-state index contributed by atoms with van der Waals surface area (Å²) in [7, 11) is 0. The van der Waals surface area contributed by atoms with Crippen LogP contribution in [-0.2, 0) is 35.3 Å². The molecule has 1 unspecified atom stereocenters. The Morgan fingerprint density at radius 3 is 2.56 bits per heavy atom. The number of hydrogen-bond donors (Lipinski definition) is 2. The second-order valence-corrected chi connectivity index (χ2v) is 15.7. The van der Waals surface area contributed by atoms with Gasteiger partial charge < -0.3 is 29.7 Å². The van der Waals surface area contributed by atoms with Crippen molar-refractivity contribution in [1.29, 1.82) is 0 Å². The van der Waals surface area contributed by atoms with Gasteiger partial charge in [-0.15, -0.1) is 18.3 Å². The first-order chi connectivity index (χ1) is 26.0. The summed E-state index contributed by atoms with van der Waals surface area (Å²) in [5.74, 6) is -4.07. The van der Waals surface area contributed by atoms with Gasteiger partial charge in [-0.3, -0.25) is 19.2 Å². The van der Waals surface area contributed by atoms with E-state index in [9.17, 15) is 19.5 Å². The van der Waals surface area contributed by atoms with Crippen LogP contribution in [0.3, 0.4) is 0 Å². The fourth-order valence-electron chi connectivity index (χ4n) is 8.46. The molecule has 54 heavy (non-hydrogen) atoms. The summed E-state index contributed by atoms with van der Waals surface area (Å²) < 4.78 is 14.7. The molecule has 3 aliphatic rings. The van der Waals surface area contributed by atoms with Gasteiger partial charge in [0.05, 0.1) is 42.1 Å². The van der Waals surface area contributed by atoms with Crippen molar-refractivity contribution in [3.63, 3.8) is 0 Å². The minimum atomic E-state index is -1.41. The van der Waals surface area contributed by atoms with Crippen molar-refractivity contribution < 1.29 is 33.8 Å². The third-order valence-corrected chi connectivity index (χ3v) is 12.1. The number of aliphatic hydroxyl groups is 1. The quantitative estimate of drug-likeness (QED) is 0.115. The maximum atomic E-state index is 15.1. The summed E-state index contributed by atoms with van der Waals surface area (Å²) in [6.07, 6.45) is 3.23.